The van der Waals surface area contributed by atoms with Crippen LogP contribution in [0.5, 0.6) is 0 Å². The molecule has 0 bridgehead atoms. The third-order valence-electron chi connectivity index (χ3n) is 4.26. The van der Waals surface area contributed by atoms with Gasteiger partial charge in [-0.1, -0.05) is 34.2 Å². The lowest BCUT2D eigenvalue weighted by molar-refractivity contribution is -0.122. The minimum Gasteiger partial charge on any atom is -0.300 e. The van der Waals surface area contributed by atoms with Crippen LogP contribution >= 0.6 is 27.3 Å². The largest absolute Gasteiger partial charge is 0.300 e. The van der Waals surface area contributed by atoms with Gasteiger partial charge in [0.2, 0.25) is 16.9 Å². The molecule has 0 saturated carbocycles. The van der Waals surface area contributed by atoms with E-state index in [0.29, 0.717) is 17.5 Å². The van der Waals surface area contributed by atoms with E-state index >= 15 is 0 Å². The molecular formula is C16H15BrN6O2S. The van der Waals surface area contributed by atoms with Crippen molar-refractivity contribution in [1.82, 2.24) is 20.4 Å². The van der Waals surface area contributed by atoms with Crippen LogP contribution in [-0.4, -0.2) is 38.8 Å². The van der Waals surface area contributed by atoms with Crippen LogP contribution < -0.4 is 10.2 Å². The van der Waals surface area contributed by atoms with Crippen LogP contribution in [-0.2, 0) is 16.0 Å². The predicted octanol–water partition coefficient (Wildman–Crippen LogP) is 2.73. The molecule has 10 heteroatoms. The Balaban J connectivity index is 1.51. The summed E-state index contributed by atoms with van der Waals surface area (Å²) < 4.78 is 0.925. The zero-order chi connectivity index (χ0) is 18.3. The smallest absolute Gasteiger partial charge is 0.231 e. The Hall–Kier alpha value is -2.33. The fraction of sp³-hybridized carbons (Fsp3) is 0.312. The van der Waals surface area contributed by atoms with Gasteiger partial charge in [-0.05, 0) is 24.6 Å². The van der Waals surface area contributed by atoms with E-state index in [0.717, 1.165) is 26.8 Å². The van der Waals surface area contributed by atoms with Gasteiger partial charge < -0.3 is 5.32 Å². The summed E-state index contributed by atoms with van der Waals surface area (Å²) in [6.45, 7) is 2.27. The molecular weight excluding hydrogens is 420 g/mol. The van der Waals surface area contributed by atoms with E-state index in [1.165, 1.54) is 11.3 Å². The van der Waals surface area contributed by atoms with E-state index in [-0.39, 0.29) is 18.2 Å². The molecule has 26 heavy (non-hydrogen) atoms. The van der Waals surface area contributed by atoms with Crippen molar-refractivity contribution < 1.29 is 9.59 Å². The highest BCUT2D eigenvalue weighted by molar-refractivity contribution is 9.10. The van der Waals surface area contributed by atoms with Crippen LogP contribution in [0.25, 0.3) is 10.9 Å². The third-order valence-corrected chi connectivity index (χ3v) is 5.73. The molecule has 2 amide bonds. The molecule has 134 valence electrons. The van der Waals surface area contributed by atoms with Crippen LogP contribution in [0.1, 0.15) is 18.4 Å². The van der Waals surface area contributed by atoms with Gasteiger partial charge in [0.05, 0.1) is 11.4 Å². The summed E-state index contributed by atoms with van der Waals surface area (Å²) in [5.74, 6) is -0.231. The summed E-state index contributed by atoms with van der Waals surface area (Å²) >= 11 is 4.76. The highest BCUT2D eigenvalue weighted by Crippen LogP contribution is 2.31. The number of carbonyl (C=O) groups is 2. The lowest BCUT2D eigenvalue weighted by atomic mass is 10.1. The van der Waals surface area contributed by atoms with E-state index in [1.54, 1.807) is 4.90 Å². The molecule has 0 aliphatic carbocycles. The first-order chi connectivity index (χ1) is 12.5. The van der Waals surface area contributed by atoms with E-state index < -0.39 is 5.92 Å². The summed E-state index contributed by atoms with van der Waals surface area (Å²) in [6.07, 6.45) is 0.918. The van der Waals surface area contributed by atoms with E-state index in [4.69, 9.17) is 0 Å². The number of hydrogen-bond acceptors (Lipinski definition) is 6. The molecule has 1 atom stereocenters. The molecule has 0 radical (unpaired) electrons. The van der Waals surface area contributed by atoms with Gasteiger partial charge in [0.15, 0.2) is 5.82 Å². The number of fused-ring (bicyclic) bond motifs is 1. The average molecular weight is 435 g/mol. The van der Waals surface area contributed by atoms with Crippen molar-refractivity contribution in [3.63, 3.8) is 0 Å². The maximum absolute atomic E-state index is 12.5. The number of aromatic nitrogens is 4. The molecule has 3 aromatic rings. The number of amides is 2. The molecule has 2 N–H and O–H groups in total. The van der Waals surface area contributed by atoms with E-state index in [1.807, 2.05) is 25.1 Å². The quantitative estimate of drug-likeness (QED) is 0.656. The molecule has 3 heterocycles. The van der Waals surface area contributed by atoms with Crippen LogP contribution in [0.15, 0.2) is 22.7 Å². The molecule has 1 aromatic carbocycles. The number of benzene rings is 1. The Bertz CT molecular complexity index is 1000. The minimum atomic E-state index is -0.446. The number of rotatable bonds is 4. The van der Waals surface area contributed by atoms with Gasteiger partial charge in [-0.3, -0.25) is 19.6 Å². The molecule has 1 aliphatic rings. The Kier molecular flexibility index (Phi) is 4.45. The van der Waals surface area contributed by atoms with Gasteiger partial charge in [0.1, 0.15) is 5.01 Å². The second kappa shape index (κ2) is 6.76. The molecule has 1 fully saturated rings. The number of halogens is 1. The number of H-pyrrole nitrogens is 1. The van der Waals surface area contributed by atoms with Crippen molar-refractivity contribution in [3.8, 4) is 0 Å². The summed E-state index contributed by atoms with van der Waals surface area (Å²) in [5, 5.41) is 20.1. The summed E-state index contributed by atoms with van der Waals surface area (Å²) in [5.41, 5.74) is 0.830. The SMILES string of the molecule is CCc1nnc(NC(=O)C2CC(=O)N(c3n[nH]c4cc(Br)ccc34)C2)s1. The molecule has 2 aromatic heterocycles. The van der Waals surface area contributed by atoms with Gasteiger partial charge in [-0.15, -0.1) is 10.2 Å². The maximum Gasteiger partial charge on any atom is 0.231 e. The third kappa shape index (κ3) is 3.10. The van der Waals surface area contributed by atoms with Crippen LogP contribution in [0.4, 0.5) is 10.9 Å². The van der Waals surface area contributed by atoms with Crippen molar-refractivity contribution in [2.75, 3.05) is 16.8 Å². The van der Waals surface area contributed by atoms with E-state index in [2.05, 4.69) is 41.6 Å². The van der Waals surface area contributed by atoms with Crippen molar-refractivity contribution in [1.29, 1.82) is 0 Å². The minimum absolute atomic E-state index is 0.118. The van der Waals surface area contributed by atoms with Crippen molar-refractivity contribution in [2.24, 2.45) is 5.92 Å². The standard InChI is InChI=1S/C16H15BrN6O2S/c1-2-12-20-22-16(26-12)18-15(25)8-5-13(24)23(7-8)14-10-4-3-9(17)6-11(10)19-21-14/h3-4,6,8H,2,5,7H2,1H3,(H,19,21)(H,18,22,25). The molecule has 1 saturated heterocycles. The van der Waals surface area contributed by atoms with E-state index in [9.17, 15) is 9.59 Å². The fourth-order valence-corrected chi connectivity index (χ4v) is 3.97. The predicted molar refractivity (Wildman–Crippen MR) is 102 cm³/mol. The van der Waals surface area contributed by atoms with Crippen molar-refractivity contribution in [2.45, 2.75) is 19.8 Å². The Morgan fingerprint density at radius 2 is 2.31 bits per heavy atom. The summed E-state index contributed by atoms with van der Waals surface area (Å²) in [7, 11) is 0. The number of hydrogen-bond donors (Lipinski definition) is 2. The summed E-state index contributed by atoms with van der Waals surface area (Å²) in [4.78, 5) is 26.5. The molecule has 1 aliphatic heterocycles. The van der Waals surface area contributed by atoms with Gasteiger partial charge in [-0.25, -0.2) is 0 Å². The van der Waals surface area contributed by atoms with Crippen LogP contribution in [0, 0.1) is 5.92 Å². The topological polar surface area (TPSA) is 104 Å². The first kappa shape index (κ1) is 17.1. The van der Waals surface area contributed by atoms with Gasteiger partial charge >= 0.3 is 0 Å². The first-order valence-electron chi connectivity index (χ1n) is 8.12. The zero-order valence-corrected chi connectivity index (χ0v) is 16.2. The average Bonchev–Trinajstić information content (AvgIpc) is 3.32. The Morgan fingerprint density at radius 3 is 3.08 bits per heavy atom. The molecule has 8 nitrogen and oxygen atoms in total. The number of aryl methyl sites for hydroxylation is 1. The number of aromatic amines is 1. The highest BCUT2D eigenvalue weighted by atomic mass is 79.9. The number of carbonyl (C=O) groups excluding carboxylic acids is 2. The monoisotopic (exact) mass is 434 g/mol. The Labute approximate surface area is 161 Å². The molecule has 0 spiro atoms. The molecule has 4 rings (SSSR count). The zero-order valence-electron chi connectivity index (χ0n) is 13.8. The first-order valence-corrected chi connectivity index (χ1v) is 9.73. The van der Waals surface area contributed by atoms with Crippen molar-refractivity contribution in [3.05, 3.63) is 27.7 Å². The fourth-order valence-electron chi connectivity index (χ4n) is 2.93. The Morgan fingerprint density at radius 1 is 1.46 bits per heavy atom. The molecule has 1 unspecified atom stereocenters. The number of nitrogens with one attached hydrogen (secondary N) is 2. The number of nitrogens with zero attached hydrogens (tertiary/aromatic N) is 4. The van der Waals surface area contributed by atoms with Crippen LogP contribution in [0.2, 0.25) is 0 Å². The van der Waals surface area contributed by atoms with Crippen molar-refractivity contribution >= 4 is 60.9 Å². The highest BCUT2D eigenvalue weighted by Gasteiger charge is 2.37. The van der Waals surface area contributed by atoms with Crippen LogP contribution in [0.3, 0.4) is 0 Å². The second-order valence-electron chi connectivity index (χ2n) is 5.99. The lowest BCUT2D eigenvalue weighted by Crippen LogP contribution is -2.28. The second-order valence-corrected chi connectivity index (χ2v) is 7.96. The lowest BCUT2D eigenvalue weighted by Gasteiger charge is -2.13. The maximum atomic E-state index is 12.5. The van der Waals surface area contributed by atoms with Gasteiger partial charge in [0, 0.05) is 22.8 Å². The normalized spacial score (nSPS) is 17.2. The van der Waals surface area contributed by atoms with Gasteiger partial charge in [-0.2, -0.15) is 5.10 Å². The number of anilines is 2. The summed E-state index contributed by atoms with van der Waals surface area (Å²) in [6, 6.07) is 5.69. The van der Waals surface area contributed by atoms with Gasteiger partial charge in [0.25, 0.3) is 0 Å².